The van der Waals surface area contributed by atoms with Crippen molar-refractivity contribution in [1.82, 2.24) is 4.90 Å². The standard InChI is InChI=1S/C27H31NO4/c1-3-18-10-12-19(13-11-18)24-23(25(29)20-14-16-22(17-15-20)32-4-2)26(30)27(31)28(24)21-8-6-5-7-9-21/h10-17,21,24,29H,3-9H2,1-2H3/b25-23-. The summed E-state index contributed by atoms with van der Waals surface area (Å²) in [6, 6.07) is 14.5. The summed E-state index contributed by atoms with van der Waals surface area (Å²) >= 11 is 0. The van der Waals surface area contributed by atoms with Crippen LogP contribution in [0.5, 0.6) is 5.75 Å². The Balaban J connectivity index is 1.81. The van der Waals surface area contributed by atoms with Crippen LogP contribution in [0.1, 0.15) is 68.7 Å². The minimum absolute atomic E-state index is 0.0154. The van der Waals surface area contributed by atoms with E-state index in [0.29, 0.717) is 17.9 Å². The first-order valence-electron chi connectivity index (χ1n) is 11.7. The highest BCUT2D eigenvalue weighted by Gasteiger charge is 2.48. The highest BCUT2D eigenvalue weighted by Crippen LogP contribution is 2.43. The fraction of sp³-hybridized carbons (Fsp3) is 0.407. The molecule has 5 heteroatoms. The van der Waals surface area contributed by atoms with Crippen molar-refractivity contribution in [3.05, 3.63) is 70.8 Å². The van der Waals surface area contributed by atoms with Crippen molar-refractivity contribution in [3.63, 3.8) is 0 Å². The lowest BCUT2D eigenvalue weighted by molar-refractivity contribution is -0.141. The first-order chi connectivity index (χ1) is 15.5. The average molecular weight is 434 g/mol. The lowest BCUT2D eigenvalue weighted by atomic mass is 9.90. The number of benzene rings is 2. The molecule has 0 aromatic heterocycles. The highest BCUT2D eigenvalue weighted by atomic mass is 16.5. The molecule has 2 aromatic carbocycles. The number of aliphatic hydroxyl groups excluding tert-OH is 1. The number of hydrogen-bond donors (Lipinski definition) is 1. The van der Waals surface area contributed by atoms with Crippen molar-refractivity contribution in [2.45, 2.75) is 64.5 Å². The monoisotopic (exact) mass is 433 g/mol. The van der Waals surface area contributed by atoms with Crippen molar-refractivity contribution >= 4 is 17.4 Å². The Morgan fingerprint density at radius 1 is 0.969 bits per heavy atom. The van der Waals surface area contributed by atoms with E-state index in [1.807, 2.05) is 31.2 Å². The molecule has 1 amide bonds. The summed E-state index contributed by atoms with van der Waals surface area (Å²) in [5, 5.41) is 11.2. The van der Waals surface area contributed by atoms with Gasteiger partial charge in [0.15, 0.2) is 0 Å². The van der Waals surface area contributed by atoms with Gasteiger partial charge >= 0.3 is 0 Å². The van der Waals surface area contributed by atoms with Gasteiger partial charge in [0, 0.05) is 11.6 Å². The summed E-state index contributed by atoms with van der Waals surface area (Å²) in [4.78, 5) is 28.2. The highest BCUT2D eigenvalue weighted by molar-refractivity contribution is 6.46. The molecule has 0 radical (unpaired) electrons. The summed E-state index contributed by atoms with van der Waals surface area (Å²) in [5.41, 5.74) is 2.73. The number of likely N-dealkylation sites (tertiary alicyclic amines) is 1. The van der Waals surface area contributed by atoms with Crippen molar-refractivity contribution in [2.24, 2.45) is 0 Å². The van der Waals surface area contributed by atoms with Crippen LogP contribution in [0.15, 0.2) is 54.1 Å². The number of carbonyl (C=O) groups excluding carboxylic acids is 2. The number of nitrogens with zero attached hydrogens (tertiary/aromatic N) is 1. The summed E-state index contributed by atoms with van der Waals surface area (Å²) in [5.74, 6) is -0.548. The Morgan fingerprint density at radius 3 is 2.22 bits per heavy atom. The van der Waals surface area contributed by atoms with Crippen LogP contribution in [0, 0.1) is 0 Å². The van der Waals surface area contributed by atoms with E-state index in [0.717, 1.165) is 44.1 Å². The zero-order valence-corrected chi connectivity index (χ0v) is 18.8. The predicted molar refractivity (Wildman–Crippen MR) is 124 cm³/mol. The minimum atomic E-state index is -0.605. The maximum absolute atomic E-state index is 13.2. The van der Waals surface area contributed by atoms with Gasteiger partial charge in [-0.2, -0.15) is 0 Å². The van der Waals surface area contributed by atoms with E-state index in [1.165, 1.54) is 5.56 Å². The number of ether oxygens (including phenoxy) is 1. The number of aryl methyl sites for hydroxylation is 1. The molecular formula is C27H31NO4. The van der Waals surface area contributed by atoms with Gasteiger partial charge in [-0.05, 0) is 61.6 Å². The molecule has 5 nitrogen and oxygen atoms in total. The molecule has 1 saturated heterocycles. The number of hydrogen-bond acceptors (Lipinski definition) is 4. The number of rotatable bonds is 6. The Hall–Kier alpha value is -3.08. The Kier molecular flexibility index (Phi) is 6.63. The zero-order chi connectivity index (χ0) is 22.7. The van der Waals surface area contributed by atoms with E-state index in [2.05, 4.69) is 6.92 Å². The van der Waals surface area contributed by atoms with Crippen LogP contribution in [-0.2, 0) is 16.0 Å². The molecule has 1 aliphatic carbocycles. The quantitative estimate of drug-likeness (QED) is 0.376. The van der Waals surface area contributed by atoms with Crippen LogP contribution in [0.4, 0.5) is 0 Å². The minimum Gasteiger partial charge on any atom is -0.507 e. The number of amides is 1. The normalized spacial score (nSPS) is 21.2. The van der Waals surface area contributed by atoms with Gasteiger partial charge in [0.2, 0.25) is 0 Å². The van der Waals surface area contributed by atoms with E-state index in [4.69, 9.17) is 4.74 Å². The van der Waals surface area contributed by atoms with E-state index >= 15 is 0 Å². The molecule has 4 rings (SSSR count). The number of Topliss-reactive ketones (excluding diaryl/α,β-unsaturated/α-hetero) is 1. The van der Waals surface area contributed by atoms with Gasteiger partial charge in [-0.25, -0.2) is 0 Å². The van der Waals surface area contributed by atoms with Crippen LogP contribution in [0.3, 0.4) is 0 Å². The van der Waals surface area contributed by atoms with Gasteiger partial charge in [-0.3, -0.25) is 9.59 Å². The molecule has 1 N–H and O–H groups in total. The van der Waals surface area contributed by atoms with Gasteiger partial charge in [-0.1, -0.05) is 50.5 Å². The van der Waals surface area contributed by atoms with Crippen LogP contribution in [0.2, 0.25) is 0 Å². The van der Waals surface area contributed by atoms with Gasteiger partial charge in [0.25, 0.3) is 11.7 Å². The smallest absolute Gasteiger partial charge is 0.295 e. The molecule has 1 aliphatic heterocycles. The Labute approximate surface area is 189 Å². The van der Waals surface area contributed by atoms with Gasteiger partial charge < -0.3 is 14.7 Å². The average Bonchev–Trinajstić information content (AvgIpc) is 3.10. The van der Waals surface area contributed by atoms with Crippen molar-refractivity contribution in [3.8, 4) is 5.75 Å². The fourth-order valence-electron chi connectivity index (χ4n) is 4.88. The third-order valence-electron chi connectivity index (χ3n) is 6.59. The van der Waals surface area contributed by atoms with E-state index in [9.17, 15) is 14.7 Å². The maximum atomic E-state index is 13.2. The van der Waals surface area contributed by atoms with Crippen molar-refractivity contribution < 1.29 is 19.4 Å². The van der Waals surface area contributed by atoms with Gasteiger partial charge in [0.1, 0.15) is 11.5 Å². The molecule has 0 bridgehead atoms. The molecule has 2 aliphatic rings. The number of carbonyl (C=O) groups is 2. The second-order valence-corrected chi connectivity index (χ2v) is 8.55. The SMILES string of the molecule is CCOc1ccc(/C(O)=C2/C(=O)C(=O)N(C3CCCCC3)C2c2ccc(CC)cc2)cc1. The van der Waals surface area contributed by atoms with E-state index in [1.54, 1.807) is 29.2 Å². The van der Waals surface area contributed by atoms with Crippen LogP contribution in [-0.4, -0.2) is 34.3 Å². The van der Waals surface area contributed by atoms with Crippen LogP contribution < -0.4 is 4.74 Å². The van der Waals surface area contributed by atoms with Crippen molar-refractivity contribution in [2.75, 3.05) is 6.61 Å². The summed E-state index contributed by atoms with van der Waals surface area (Å²) < 4.78 is 5.49. The fourth-order valence-corrected chi connectivity index (χ4v) is 4.88. The molecule has 2 fully saturated rings. The molecule has 0 spiro atoms. The lowest BCUT2D eigenvalue weighted by Crippen LogP contribution is -2.40. The largest absolute Gasteiger partial charge is 0.507 e. The zero-order valence-electron chi connectivity index (χ0n) is 18.8. The third kappa shape index (κ3) is 4.16. The predicted octanol–water partition coefficient (Wildman–Crippen LogP) is 5.40. The topological polar surface area (TPSA) is 66.8 Å². The first-order valence-corrected chi connectivity index (χ1v) is 11.7. The molecule has 2 aromatic rings. The van der Waals surface area contributed by atoms with E-state index in [-0.39, 0.29) is 17.4 Å². The molecule has 168 valence electrons. The number of aliphatic hydroxyl groups is 1. The summed E-state index contributed by atoms with van der Waals surface area (Å²) in [6.07, 6.45) is 5.94. The molecule has 1 atom stereocenters. The summed E-state index contributed by atoms with van der Waals surface area (Å²) in [7, 11) is 0. The Morgan fingerprint density at radius 2 is 1.62 bits per heavy atom. The molecule has 1 heterocycles. The van der Waals surface area contributed by atoms with Crippen molar-refractivity contribution in [1.29, 1.82) is 0 Å². The number of ketones is 1. The second kappa shape index (κ2) is 9.60. The molecule has 32 heavy (non-hydrogen) atoms. The molecule has 1 unspecified atom stereocenters. The van der Waals surface area contributed by atoms with Gasteiger partial charge in [0.05, 0.1) is 18.2 Å². The summed E-state index contributed by atoms with van der Waals surface area (Å²) in [6.45, 7) is 4.55. The molecule has 1 saturated carbocycles. The first kappa shape index (κ1) is 22.1. The molecular weight excluding hydrogens is 402 g/mol. The van der Waals surface area contributed by atoms with Crippen LogP contribution >= 0.6 is 0 Å². The maximum Gasteiger partial charge on any atom is 0.295 e. The Bertz CT molecular complexity index is 1000. The second-order valence-electron chi connectivity index (χ2n) is 8.55. The lowest BCUT2D eigenvalue weighted by Gasteiger charge is -2.35. The van der Waals surface area contributed by atoms with Gasteiger partial charge in [-0.15, -0.1) is 0 Å². The van der Waals surface area contributed by atoms with Crippen LogP contribution in [0.25, 0.3) is 5.76 Å². The van der Waals surface area contributed by atoms with E-state index < -0.39 is 17.7 Å². The third-order valence-corrected chi connectivity index (χ3v) is 6.59.